The van der Waals surface area contributed by atoms with Crippen molar-refractivity contribution in [2.45, 2.75) is 18.4 Å². The van der Waals surface area contributed by atoms with Crippen LogP contribution in [0.3, 0.4) is 0 Å². The van der Waals surface area contributed by atoms with E-state index < -0.39 is 27.2 Å². The third kappa shape index (κ3) is 3.55. The van der Waals surface area contributed by atoms with Crippen molar-refractivity contribution in [3.8, 4) is 0 Å². The smallest absolute Gasteiger partial charge is 0.324 e. The number of carbonyl (C=O) groups is 1. The number of rotatable bonds is 5. The van der Waals surface area contributed by atoms with Gasteiger partial charge in [-0.3, -0.25) is 18.7 Å². The van der Waals surface area contributed by atoms with E-state index in [1.165, 1.54) is 49.7 Å². The van der Waals surface area contributed by atoms with Crippen molar-refractivity contribution in [3.63, 3.8) is 0 Å². The number of aryl methyl sites for hydroxylation is 2. The second-order valence-electron chi connectivity index (χ2n) is 7.07. The topological polar surface area (TPSA) is 128 Å². The standard InChI is InChI=1S/C18H22N6O5S/c1-11-6-7-12(8-13(11)30(28,29)21(2)3)20-14(25)9-24-10-19-16-15(24)17(26)23(5)18(27)22(16)4/h6-8,10H,9H2,1-5H3,(H,20,25). The van der Waals surface area contributed by atoms with Crippen LogP contribution in [0.2, 0.25) is 0 Å². The highest BCUT2D eigenvalue weighted by Gasteiger charge is 2.21. The van der Waals surface area contributed by atoms with Crippen LogP contribution in [-0.2, 0) is 35.5 Å². The molecule has 0 saturated carbocycles. The Morgan fingerprint density at radius 3 is 2.47 bits per heavy atom. The molecular formula is C18H22N6O5S. The first-order valence-electron chi connectivity index (χ1n) is 8.89. The highest BCUT2D eigenvalue weighted by Crippen LogP contribution is 2.22. The highest BCUT2D eigenvalue weighted by molar-refractivity contribution is 7.89. The van der Waals surface area contributed by atoms with Gasteiger partial charge in [-0.25, -0.2) is 22.5 Å². The molecule has 0 aliphatic heterocycles. The van der Waals surface area contributed by atoms with E-state index in [9.17, 15) is 22.8 Å². The molecule has 30 heavy (non-hydrogen) atoms. The largest absolute Gasteiger partial charge is 0.332 e. The molecule has 0 aliphatic carbocycles. The first-order valence-corrected chi connectivity index (χ1v) is 10.3. The molecule has 0 aliphatic rings. The predicted molar refractivity (Wildman–Crippen MR) is 111 cm³/mol. The number of imidazole rings is 1. The summed E-state index contributed by atoms with van der Waals surface area (Å²) in [7, 11) is 2.02. The van der Waals surface area contributed by atoms with Gasteiger partial charge >= 0.3 is 5.69 Å². The molecule has 1 aromatic carbocycles. The normalized spacial score (nSPS) is 11.9. The van der Waals surface area contributed by atoms with Crippen molar-refractivity contribution in [1.29, 1.82) is 0 Å². The number of sulfonamides is 1. The van der Waals surface area contributed by atoms with Crippen molar-refractivity contribution < 1.29 is 13.2 Å². The van der Waals surface area contributed by atoms with E-state index in [-0.39, 0.29) is 22.6 Å². The van der Waals surface area contributed by atoms with Crippen LogP contribution in [0.15, 0.2) is 39.0 Å². The monoisotopic (exact) mass is 434 g/mol. The molecule has 2 aromatic heterocycles. The molecule has 1 amide bonds. The number of hydrogen-bond donors (Lipinski definition) is 1. The lowest BCUT2D eigenvalue weighted by molar-refractivity contribution is -0.116. The molecule has 12 heteroatoms. The van der Waals surface area contributed by atoms with Gasteiger partial charge in [0.05, 0.1) is 11.2 Å². The molecule has 11 nitrogen and oxygen atoms in total. The maximum Gasteiger partial charge on any atom is 0.332 e. The third-order valence-electron chi connectivity index (χ3n) is 4.76. The van der Waals surface area contributed by atoms with Gasteiger partial charge in [0.25, 0.3) is 5.56 Å². The van der Waals surface area contributed by atoms with Crippen LogP contribution in [-0.4, -0.2) is 51.4 Å². The SMILES string of the molecule is Cc1ccc(NC(=O)Cn2cnc3c2c(=O)n(C)c(=O)n3C)cc1S(=O)(=O)N(C)C. The minimum absolute atomic E-state index is 0.0854. The number of anilines is 1. The second kappa shape index (κ2) is 7.54. The van der Waals surface area contributed by atoms with E-state index in [0.717, 1.165) is 8.87 Å². The summed E-state index contributed by atoms with van der Waals surface area (Å²) in [6, 6.07) is 4.58. The van der Waals surface area contributed by atoms with E-state index in [1.54, 1.807) is 19.1 Å². The van der Waals surface area contributed by atoms with Crippen LogP contribution in [0, 0.1) is 6.92 Å². The van der Waals surface area contributed by atoms with Gasteiger partial charge in [0.2, 0.25) is 15.9 Å². The molecule has 0 unspecified atom stereocenters. The van der Waals surface area contributed by atoms with E-state index in [4.69, 9.17) is 0 Å². The zero-order valence-electron chi connectivity index (χ0n) is 17.2. The van der Waals surface area contributed by atoms with Crippen LogP contribution in [0.4, 0.5) is 5.69 Å². The van der Waals surface area contributed by atoms with E-state index in [0.29, 0.717) is 11.3 Å². The summed E-state index contributed by atoms with van der Waals surface area (Å²) in [5.41, 5.74) is 0.0622. The number of hydrogen-bond acceptors (Lipinski definition) is 6. The van der Waals surface area contributed by atoms with E-state index in [2.05, 4.69) is 10.3 Å². The first kappa shape index (κ1) is 21.5. The molecule has 1 N–H and O–H groups in total. The number of aromatic nitrogens is 4. The van der Waals surface area contributed by atoms with Crippen LogP contribution in [0.25, 0.3) is 11.2 Å². The van der Waals surface area contributed by atoms with Gasteiger partial charge in [-0.15, -0.1) is 0 Å². The summed E-state index contributed by atoms with van der Waals surface area (Å²) in [5.74, 6) is -0.484. The fraction of sp³-hybridized carbons (Fsp3) is 0.333. The molecule has 0 radical (unpaired) electrons. The van der Waals surface area contributed by atoms with Crippen molar-refractivity contribution in [2.24, 2.45) is 14.1 Å². The Labute approximate surface area is 172 Å². The Hall–Kier alpha value is -3.25. The fourth-order valence-corrected chi connectivity index (χ4v) is 4.17. The summed E-state index contributed by atoms with van der Waals surface area (Å²) in [4.78, 5) is 41.2. The molecular weight excluding hydrogens is 412 g/mol. The van der Waals surface area contributed by atoms with Gasteiger partial charge in [0.1, 0.15) is 6.54 Å². The number of benzene rings is 1. The lowest BCUT2D eigenvalue weighted by Gasteiger charge is -2.15. The minimum Gasteiger partial charge on any atom is -0.324 e. The number of nitrogens with one attached hydrogen (secondary N) is 1. The average molecular weight is 434 g/mol. The van der Waals surface area contributed by atoms with Crippen molar-refractivity contribution in [3.05, 3.63) is 50.9 Å². The Morgan fingerprint density at radius 2 is 1.83 bits per heavy atom. The van der Waals surface area contributed by atoms with Gasteiger partial charge < -0.3 is 9.88 Å². The van der Waals surface area contributed by atoms with Crippen molar-refractivity contribution in [2.75, 3.05) is 19.4 Å². The molecule has 0 saturated heterocycles. The van der Waals surface area contributed by atoms with Crippen LogP contribution in [0.1, 0.15) is 5.56 Å². The maximum absolute atomic E-state index is 12.6. The quantitative estimate of drug-likeness (QED) is 0.584. The lowest BCUT2D eigenvalue weighted by Crippen LogP contribution is -2.37. The Kier molecular flexibility index (Phi) is 5.39. The molecule has 0 atom stereocenters. The second-order valence-corrected chi connectivity index (χ2v) is 9.19. The summed E-state index contributed by atoms with van der Waals surface area (Å²) in [6.07, 6.45) is 1.31. The zero-order chi connectivity index (χ0) is 22.4. The number of amides is 1. The van der Waals surface area contributed by atoms with Gasteiger partial charge in [-0.05, 0) is 24.6 Å². The van der Waals surface area contributed by atoms with Gasteiger partial charge in [-0.2, -0.15) is 0 Å². The van der Waals surface area contributed by atoms with Gasteiger partial charge in [0.15, 0.2) is 11.2 Å². The van der Waals surface area contributed by atoms with Gasteiger partial charge in [-0.1, -0.05) is 6.07 Å². The zero-order valence-corrected chi connectivity index (χ0v) is 18.0. The van der Waals surface area contributed by atoms with Crippen LogP contribution >= 0.6 is 0 Å². The Balaban J connectivity index is 1.93. The molecule has 160 valence electrons. The summed E-state index contributed by atoms with van der Waals surface area (Å²) in [5, 5.41) is 2.64. The minimum atomic E-state index is -3.67. The van der Waals surface area contributed by atoms with Gasteiger partial charge in [0, 0.05) is 33.9 Å². The third-order valence-corrected chi connectivity index (χ3v) is 6.72. The highest BCUT2D eigenvalue weighted by atomic mass is 32.2. The molecule has 3 rings (SSSR count). The number of fused-ring (bicyclic) bond motifs is 1. The molecule has 0 spiro atoms. The lowest BCUT2D eigenvalue weighted by atomic mass is 10.2. The molecule has 3 aromatic rings. The Morgan fingerprint density at radius 1 is 1.17 bits per heavy atom. The maximum atomic E-state index is 12.6. The van der Waals surface area contributed by atoms with Crippen LogP contribution < -0.4 is 16.6 Å². The first-order chi connectivity index (χ1) is 13.9. The molecule has 0 bridgehead atoms. The summed E-state index contributed by atoms with van der Waals surface area (Å²) >= 11 is 0. The summed E-state index contributed by atoms with van der Waals surface area (Å²) < 4.78 is 29.5. The molecule has 0 fully saturated rings. The van der Waals surface area contributed by atoms with E-state index >= 15 is 0 Å². The van der Waals surface area contributed by atoms with E-state index in [1.807, 2.05) is 0 Å². The number of nitrogens with zero attached hydrogens (tertiary/aromatic N) is 5. The van der Waals surface area contributed by atoms with Crippen LogP contribution in [0.5, 0.6) is 0 Å². The Bertz CT molecular complexity index is 1380. The van der Waals surface area contributed by atoms with Crippen molar-refractivity contribution >= 4 is 32.8 Å². The van der Waals surface area contributed by atoms with Crippen molar-refractivity contribution in [1.82, 2.24) is 23.0 Å². The average Bonchev–Trinajstić information content (AvgIpc) is 3.09. The predicted octanol–water partition coefficient (Wildman–Crippen LogP) is -0.369. The molecule has 2 heterocycles. The number of carbonyl (C=O) groups excluding carboxylic acids is 1. The summed E-state index contributed by atoms with van der Waals surface area (Å²) in [6.45, 7) is 1.42. The fourth-order valence-electron chi connectivity index (χ4n) is 3.02.